The molecule has 90 valence electrons. The molecule has 4 nitrogen and oxygen atoms in total. The maximum atomic E-state index is 11.8. The highest BCUT2D eigenvalue weighted by molar-refractivity contribution is 8.00. The molecule has 1 aliphatic heterocycles. The van der Waals surface area contributed by atoms with Crippen LogP contribution in [0, 0.1) is 17.2 Å². The number of carbonyl (C=O) groups excluding carboxylic acids is 1. The molecule has 5 heteroatoms. The first-order chi connectivity index (χ1) is 7.77. The third-order valence-corrected chi connectivity index (χ3v) is 3.59. The molecule has 1 amide bonds. The van der Waals surface area contributed by atoms with E-state index in [1.54, 1.807) is 0 Å². The van der Waals surface area contributed by atoms with E-state index >= 15 is 0 Å². The topological polar surface area (TPSA) is 64.3 Å². The predicted molar refractivity (Wildman–Crippen MR) is 63.9 cm³/mol. The summed E-state index contributed by atoms with van der Waals surface area (Å²) in [5.74, 6) is 1.35. The lowest BCUT2D eigenvalue weighted by atomic mass is 9.95. The molecule has 0 aromatic carbocycles. The largest absolute Gasteiger partial charge is 0.396 e. The zero-order valence-corrected chi connectivity index (χ0v) is 10.2. The zero-order chi connectivity index (χ0) is 11.8. The van der Waals surface area contributed by atoms with Crippen molar-refractivity contribution >= 4 is 17.7 Å². The molecule has 0 aromatic rings. The van der Waals surface area contributed by atoms with E-state index in [0.29, 0.717) is 17.4 Å². The van der Waals surface area contributed by atoms with Crippen LogP contribution in [0.15, 0.2) is 0 Å². The number of aliphatic hydroxyl groups excluding tert-OH is 1. The van der Waals surface area contributed by atoms with Crippen molar-refractivity contribution in [3.05, 3.63) is 0 Å². The Bertz CT molecular complexity index is 263. The van der Waals surface area contributed by atoms with Crippen LogP contribution in [0.1, 0.15) is 19.3 Å². The minimum absolute atomic E-state index is 0.128. The fourth-order valence-electron chi connectivity index (χ4n) is 1.99. The van der Waals surface area contributed by atoms with E-state index in [4.69, 9.17) is 10.4 Å². The summed E-state index contributed by atoms with van der Waals surface area (Å²) in [5, 5.41) is 17.3. The fourth-order valence-corrected chi connectivity index (χ4v) is 2.54. The van der Waals surface area contributed by atoms with Gasteiger partial charge in [0.2, 0.25) is 5.91 Å². The van der Waals surface area contributed by atoms with Crippen LogP contribution in [0.5, 0.6) is 0 Å². The number of likely N-dealkylation sites (tertiary alicyclic amines) is 1. The molecule has 0 aromatic heterocycles. The number of piperidine rings is 1. The molecule has 1 fully saturated rings. The molecule has 0 saturated carbocycles. The minimum atomic E-state index is 0.128. The first-order valence-corrected chi connectivity index (χ1v) is 6.76. The van der Waals surface area contributed by atoms with E-state index in [1.807, 2.05) is 11.0 Å². The van der Waals surface area contributed by atoms with Crippen LogP contribution in [0.3, 0.4) is 0 Å². The maximum Gasteiger partial charge on any atom is 0.232 e. The van der Waals surface area contributed by atoms with Crippen LogP contribution in [-0.2, 0) is 4.79 Å². The molecule has 1 N–H and O–H groups in total. The van der Waals surface area contributed by atoms with Gasteiger partial charge in [-0.05, 0) is 25.2 Å². The van der Waals surface area contributed by atoms with Gasteiger partial charge in [-0.25, -0.2) is 0 Å². The molecular formula is C11H18N2O2S. The van der Waals surface area contributed by atoms with E-state index in [2.05, 4.69) is 0 Å². The highest BCUT2D eigenvalue weighted by Gasteiger charge is 2.22. The molecule has 0 spiro atoms. The summed E-state index contributed by atoms with van der Waals surface area (Å²) < 4.78 is 0. The normalized spacial score (nSPS) is 20.5. The Balaban J connectivity index is 2.29. The zero-order valence-electron chi connectivity index (χ0n) is 9.39. The van der Waals surface area contributed by atoms with Gasteiger partial charge in [0, 0.05) is 19.7 Å². The van der Waals surface area contributed by atoms with Crippen molar-refractivity contribution in [2.24, 2.45) is 5.92 Å². The number of hydrogen-bond donors (Lipinski definition) is 1. The number of nitrogens with zero attached hydrogens (tertiary/aromatic N) is 2. The Hall–Kier alpha value is -0.730. The predicted octanol–water partition coefficient (Wildman–Crippen LogP) is 0.864. The van der Waals surface area contributed by atoms with Gasteiger partial charge in [-0.1, -0.05) is 0 Å². The van der Waals surface area contributed by atoms with Crippen molar-refractivity contribution < 1.29 is 9.90 Å². The van der Waals surface area contributed by atoms with E-state index in [0.717, 1.165) is 32.4 Å². The summed E-state index contributed by atoms with van der Waals surface area (Å²) in [6, 6.07) is 2.01. The highest BCUT2D eigenvalue weighted by atomic mass is 32.2. The molecule has 0 bridgehead atoms. The third-order valence-electron chi connectivity index (χ3n) is 2.80. The Morgan fingerprint density at radius 1 is 1.62 bits per heavy atom. The number of amides is 1. The summed E-state index contributed by atoms with van der Waals surface area (Å²) >= 11 is 1.37. The third kappa shape index (κ3) is 4.42. The van der Waals surface area contributed by atoms with Gasteiger partial charge in [0.25, 0.3) is 0 Å². The molecule has 16 heavy (non-hydrogen) atoms. The first kappa shape index (κ1) is 13.3. The number of aliphatic hydroxyl groups is 1. The van der Waals surface area contributed by atoms with Crippen molar-refractivity contribution in [2.75, 3.05) is 31.2 Å². The van der Waals surface area contributed by atoms with Crippen molar-refractivity contribution in [1.29, 1.82) is 5.26 Å². The van der Waals surface area contributed by atoms with Crippen LogP contribution >= 0.6 is 11.8 Å². The number of carbonyl (C=O) groups is 1. The van der Waals surface area contributed by atoms with E-state index < -0.39 is 0 Å². The Kier molecular flexibility index (Phi) is 6.27. The lowest BCUT2D eigenvalue weighted by Gasteiger charge is -2.32. The van der Waals surface area contributed by atoms with Gasteiger partial charge in [-0.15, -0.1) is 11.8 Å². The average Bonchev–Trinajstić information content (AvgIpc) is 2.30. The quantitative estimate of drug-likeness (QED) is 0.726. The van der Waals surface area contributed by atoms with Gasteiger partial charge in [0.05, 0.1) is 17.6 Å². The molecule has 0 aliphatic carbocycles. The second-order valence-electron chi connectivity index (χ2n) is 4.01. The Labute approximate surface area is 101 Å². The van der Waals surface area contributed by atoms with Gasteiger partial charge in [-0.2, -0.15) is 5.26 Å². The van der Waals surface area contributed by atoms with Crippen LogP contribution in [0.25, 0.3) is 0 Å². The molecular weight excluding hydrogens is 224 g/mol. The number of nitriles is 1. The van der Waals surface area contributed by atoms with Gasteiger partial charge in [-0.3, -0.25) is 4.79 Å². The van der Waals surface area contributed by atoms with E-state index in [9.17, 15) is 4.79 Å². The van der Waals surface area contributed by atoms with E-state index in [-0.39, 0.29) is 12.5 Å². The summed E-state index contributed by atoms with van der Waals surface area (Å²) in [5.41, 5.74) is 0. The second kappa shape index (κ2) is 7.53. The van der Waals surface area contributed by atoms with Crippen molar-refractivity contribution in [2.45, 2.75) is 19.3 Å². The van der Waals surface area contributed by atoms with Crippen molar-refractivity contribution in [1.82, 2.24) is 4.90 Å². The van der Waals surface area contributed by atoms with Crippen molar-refractivity contribution in [3.8, 4) is 6.07 Å². The lowest BCUT2D eigenvalue weighted by molar-refractivity contribution is -0.130. The number of rotatable bonds is 5. The first-order valence-electron chi connectivity index (χ1n) is 5.61. The number of hydrogen-bond acceptors (Lipinski definition) is 4. The average molecular weight is 242 g/mol. The minimum Gasteiger partial charge on any atom is -0.396 e. The van der Waals surface area contributed by atoms with Crippen LogP contribution < -0.4 is 0 Å². The van der Waals surface area contributed by atoms with Gasteiger partial charge >= 0.3 is 0 Å². The molecule has 1 aliphatic rings. The maximum absolute atomic E-state index is 11.8. The molecule has 1 unspecified atom stereocenters. The summed E-state index contributed by atoms with van der Waals surface area (Å²) in [6.07, 6.45) is 2.92. The Morgan fingerprint density at radius 3 is 3.12 bits per heavy atom. The Morgan fingerprint density at radius 2 is 2.44 bits per heavy atom. The molecule has 1 heterocycles. The second-order valence-corrected chi connectivity index (χ2v) is 5.00. The smallest absolute Gasteiger partial charge is 0.232 e. The summed E-state index contributed by atoms with van der Waals surface area (Å²) in [7, 11) is 0. The lowest BCUT2D eigenvalue weighted by Crippen LogP contribution is -2.41. The van der Waals surface area contributed by atoms with Crippen LogP contribution in [-0.4, -0.2) is 47.1 Å². The SMILES string of the molecule is N#CCSCC(=O)N1CCCC(CCO)C1. The van der Waals surface area contributed by atoms with Crippen LogP contribution in [0.4, 0.5) is 0 Å². The summed E-state index contributed by atoms with van der Waals surface area (Å²) in [6.45, 7) is 1.80. The monoisotopic (exact) mass is 242 g/mol. The molecule has 0 radical (unpaired) electrons. The standard InChI is InChI=1S/C11H18N2O2S/c12-4-7-16-9-11(15)13-5-1-2-10(8-13)3-6-14/h10,14H,1-3,5-9H2. The van der Waals surface area contributed by atoms with Crippen LogP contribution in [0.2, 0.25) is 0 Å². The fraction of sp³-hybridized carbons (Fsp3) is 0.818. The summed E-state index contributed by atoms with van der Waals surface area (Å²) in [4.78, 5) is 13.6. The molecule has 1 rings (SSSR count). The van der Waals surface area contributed by atoms with Gasteiger partial charge in [0.15, 0.2) is 0 Å². The van der Waals surface area contributed by atoms with Gasteiger partial charge in [0.1, 0.15) is 0 Å². The van der Waals surface area contributed by atoms with E-state index in [1.165, 1.54) is 11.8 Å². The highest BCUT2D eigenvalue weighted by Crippen LogP contribution is 2.19. The van der Waals surface area contributed by atoms with Gasteiger partial charge < -0.3 is 10.0 Å². The molecule has 1 atom stereocenters. The van der Waals surface area contributed by atoms with Crippen molar-refractivity contribution in [3.63, 3.8) is 0 Å². The number of thioether (sulfide) groups is 1. The molecule has 1 saturated heterocycles.